The van der Waals surface area contributed by atoms with E-state index >= 15 is 0 Å². The summed E-state index contributed by atoms with van der Waals surface area (Å²) in [7, 11) is 0. The van der Waals surface area contributed by atoms with Gasteiger partial charge in [-0.25, -0.2) is 9.59 Å². The van der Waals surface area contributed by atoms with Crippen LogP contribution in [0.25, 0.3) is 0 Å². The van der Waals surface area contributed by atoms with Crippen LogP contribution in [-0.2, 0) is 4.79 Å². The molecule has 6 heteroatoms. The third kappa shape index (κ3) is 2.16. The molecule has 0 spiro atoms. The average molecular weight is 182 g/mol. The molecule has 0 bridgehead atoms. The number of nitrogens with zero attached hydrogens (tertiary/aromatic N) is 2. The highest BCUT2D eigenvalue weighted by Crippen LogP contribution is 2.04. The molecule has 0 aromatic carbocycles. The van der Waals surface area contributed by atoms with Gasteiger partial charge in [-0.2, -0.15) is 10.1 Å². The van der Waals surface area contributed by atoms with Gasteiger partial charge in [0.05, 0.1) is 11.8 Å². The van der Waals surface area contributed by atoms with E-state index in [1.54, 1.807) is 0 Å². The molecule has 0 aliphatic carbocycles. The van der Waals surface area contributed by atoms with Crippen LogP contribution >= 0.6 is 0 Å². The molecule has 13 heavy (non-hydrogen) atoms. The van der Waals surface area contributed by atoms with E-state index in [0.717, 1.165) is 6.20 Å². The number of hydrogen-bond donors (Lipinski definition) is 2. The van der Waals surface area contributed by atoms with Crippen molar-refractivity contribution in [1.29, 1.82) is 0 Å². The molecule has 2 N–H and O–H groups in total. The van der Waals surface area contributed by atoms with Gasteiger partial charge in [0, 0.05) is 6.21 Å². The fourth-order valence-electron chi connectivity index (χ4n) is 0.696. The number of hydrazone groups is 1. The number of rotatable bonds is 1. The number of hydrogen-bond acceptors (Lipinski definition) is 3. The Hall–Kier alpha value is -2.11. The monoisotopic (exact) mass is 182 g/mol. The van der Waals surface area contributed by atoms with E-state index in [-0.39, 0.29) is 5.57 Å². The van der Waals surface area contributed by atoms with Crippen molar-refractivity contribution in [3.63, 3.8) is 0 Å². The molecule has 0 aromatic heterocycles. The van der Waals surface area contributed by atoms with Crippen LogP contribution in [0, 0.1) is 0 Å². The summed E-state index contributed by atoms with van der Waals surface area (Å²) in [6.07, 6.45) is 3.39. The molecular formula is C7H6N2O4. The highest BCUT2D eigenvalue weighted by molar-refractivity contribution is 5.92. The van der Waals surface area contributed by atoms with Crippen molar-refractivity contribution in [3.05, 3.63) is 23.9 Å². The molecule has 1 aliphatic rings. The first kappa shape index (κ1) is 8.98. The van der Waals surface area contributed by atoms with E-state index < -0.39 is 12.1 Å². The van der Waals surface area contributed by atoms with Crippen LogP contribution < -0.4 is 0 Å². The summed E-state index contributed by atoms with van der Waals surface area (Å²) in [5.74, 6) is -1.20. The molecule has 0 saturated carbocycles. The standard InChI is InChI=1S/C7H6N2O4/c10-6(11)5-2-1-3-8-9(4-5)7(12)13/h1-4H,(H,10,11)(H,12,13). The molecule has 0 unspecified atom stereocenters. The quantitative estimate of drug-likeness (QED) is 0.617. The third-order valence-electron chi connectivity index (χ3n) is 1.26. The van der Waals surface area contributed by atoms with Crippen LogP contribution in [0.2, 0.25) is 0 Å². The van der Waals surface area contributed by atoms with E-state index in [1.165, 1.54) is 18.4 Å². The average Bonchev–Trinajstić information content (AvgIpc) is 2.28. The van der Waals surface area contributed by atoms with Gasteiger partial charge in [-0.3, -0.25) is 0 Å². The van der Waals surface area contributed by atoms with Gasteiger partial charge < -0.3 is 10.2 Å². The second-order valence-electron chi connectivity index (χ2n) is 2.14. The summed E-state index contributed by atoms with van der Waals surface area (Å²) in [5.41, 5.74) is -0.139. The first-order valence-electron chi connectivity index (χ1n) is 3.29. The molecule has 1 amide bonds. The molecule has 68 valence electrons. The summed E-state index contributed by atoms with van der Waals surface area (Å²) in [6, 6.07) is 0. The fraction of sp³-hybridized carbons (Fsp3) is 0. The van der Waals surface area contributed by atoms with Gasteiger partial charge in [0.2, 0.25) is 0 Å². The number of carbonyl (C=O) groups is 2. The Morgan fingerprint density at radius 3 is 2.62 bits per heavy atom. The second-order valence-corrected chi connectivity index (χ2v) is 2.14. The number of carboxylic acid groups (broad SMARTS) is 2. The van der Waals surface area contributed by atoms with Crippen molar-refractivity contribution >= 4 is 18.3 Å². The van der Waals surface area contributed by atoms with Crippen LogP contribution in [0.1, 0.15) is 0 Å². The minimum absolute atomic E-state index is 0.139. The van der Waals surface area contributed by atoms with Crippen LogP contribution in [-0.4, -0.2) is 33.5 Å². The predicted octanol–water partition coefficient (Wildman–Crippen LogP) is 0.491. The SMILES string of the molecule is O=C(O)C1=CN(C(=O)O)N=CC=C1. The van der Waals surface area contributed by atoms with Gasteiger partial charge in [-0.15, -0.1) is 0 Å². The second kappa shape index (κ2) is 3.53. The van der Waals surface area contributed by atoms with Gasteiger partial charge in [0.25, 0.3) is 0 Å². The van der Waals surface area contributed by atoms with Gasteiger partial charge in [-0.1, -0.05) is 0 Å². The summed E-state index contributed by atoms with van der Waals surface area (Å²) in [6.45, 7) is 0. The zero-order chi connectivity index (χ0) is 9.84. The van der Waals surface area contributed by atoms with Gasteiger partial charge >= 0.3 is 12.1 Å². The highest BCUT2D eigenvalue weighted by atomic mass is 16.4. The zero-order valence-electron chi connectivity index (χ0n) is 6.41. The van der Waals surface area contributed by atoms with Crippen molar-refractivity contribution in [2.24, 2.45) is 5.10 Å². The Morgan fingerprint density at radius 1 is 1.38 bits per heavy atom. The first-order valence-corrected chi connectivity index (χ1v) is 3.29. The maximum atomic E-state index is 10.5. The van der Waals surface area contributed by atoms with E-state index in [4.69, 9.17) is 10.2 Å². The van der Waals surface area contributed by atoms with E-state index in [0.29, 0.717) is 5.01 Å². The lowest BCUT2D eigenvalue weighted by molar-refractivity contribution is -0.132. The Labute approximate surface area is 73.1 Å². The topological polar surface area (TPSA) is 90.2 Å². The maximum Gasteiger partial charge on any atom is 0.432 e. The molecule has 1 heterocycles. The van der Waals surface area contributed by atoms with Gasteiger partial charge in [0.15, 0.2) is 0 Å². The Kier molecular flexibility index (Phi) is 2.44. The normalized spacial score (nSPS) is 15.1. The molecule has 1 aliphatic heterocycles. The lowest BCUT2D eigenvalue weighted by Crippen LogP contribution is -2.18. The lowest BCUT2D eigenvalue weighted by Gasteiger charge is -2.05. The van der Waals surface area contributed by atoms with E-state index in [2.05, 4.69) is 5.10 Å². The molecule has 0 atom stereocenters. The Bertz CT molecular complexity index is 329. The summed E-state index contributed by atoms with van der Waals surface area (Å²) in [4.78, 5) is 20.9. The maximum absolute atomic E-state index is 10.5. The van der Waals surface area contributed by atoms with E-state index in [1.807, 2.05) is 0 Å². The van der Waals surface area contributed by atoms with Crippen molar-refractivity contribution in [2.45, 2.75) is 0 Å². The highest BCUT2D eigenvalue weighted by Gasteiger charge is 2.12. The van der Waals surface area contributed by atoms with Crippen molar-refractivity contribution in [2.75, 3.05) is 0 Å². The zero-order valence-corrected chi connectivity index (χ0v) is 6.41. The molecule has 1 rings (SSSR count). The number of amides is 1. The molecule has 6 nitrogen and oxygen atoms in total. The van der Waals surface area contributed by atoms with Crippen molar-refractivity contribution in [3.8, 4) is 0 Å². The minimum atomic E-state index is -1.33. The van der Waals surface area contributed by atoms with Crippen LogP contribution in [0.4, 0.5) is 4.79 Å². The summed E-state index contributed by atoms with van der Waals surface area (Å²) in [5, 5.41) is 21.0. The van der Waals surface area contributed by atoms with Crippen LogP contribution in [0.15, 0.2) is 29.0 Å². The Balaban J connectivity index is 2.97. The van der Waals surface area contributed by atoms with Crippen LogP contribution in [0.5, 0.6) is 0 Å². The van der Waals surface area contributed by atoms with E-state index in [9.17, 15) is 9.59 Å². The summed E-state index contributed by atoms with van der Waals surface area (Å²) >= 11 is 0. The van der Waals surface area contributed by atoms with Gasteiger partial charge in [-0.05, 0) is 12.2 Å². The molecule has 0 aromatic rings. The Morgan fingerprint density at radius 2 is 2.08 bits per heavy atom. The van der Waals surface area contributed by atoms with Crippen molar-refractivity contribution < 1.29 is 19.8 Å². The summed E-state index contributed by atoms with van der Waals surface area (Å²) < 4.78 is 0. The fourth-order valence-corrected chi connectivity index (χ4v) is 0.696. The third-order valence-corrected chi connectivity index (χ3v) is 1.26. The smallest absolute Gasteiger partial charge is 0.432 e. The van der Waals surface area contributed by atoms with Gasteiger partial charge in [0.1, 0.15) is 0 Å². The van der Waals surface area contributed by atoms with Crippen LogP contribution in [0.3, 0.4) is 0 Å². The lowest BCUT2D eigenvalue weighted by atomic mass is 10.3. The molecule has 0 saturated heterocycles. The minimum Gasteiger partial charge on any atom is -0.478 e. The predicted molar refractivity (Wildman–Crippen MR) is 43.2 cm³/mol. The number of allylic oxidation sites excluding steroid dienone is 1. The molecule has 0 radical (unpaired) electrons. The molecular weight excluding hydrogens is 176 g/mol. The largest absolute Gasteiger partial charge is 0.478 e. The van der Waals surface area contributed by atoms with Crippen molar-refractivity contribution in [1.82, 2.24) is 5.01 Å². The molecule has 0 fully saturated rings. The number of carboxylic acids is 1. The first-order chi connectivity index (χ1) is 6.11. The number of aliphatic carboxylic acids is 1.